The second kappa shape index (κ2) is 19.6. The van der Waals surface area contributed by atoms with Crippen LogP contribution in [-0.2, 0) is 14.3 Å². The molecule has 0 aromatic heterocycles. The maximum atomic E-state index is 13.6. The zero-order chi connectivity index (χ0) is 35.3. The molecule has 1 amide bonds. The molecule has 1 N–H and O–H groups in total. The molecular formula is C40H23NO8. The molecule has 0 fully saturated rings. The maximum Gasteiger partial charge on any atom is 0.352 e. The molecule has 0 spiro atoms. The molecule has 0 aliphatic rings. The van der Waals surface area contributed by atoms with Gasteiger partial charge in [-0.05, 0) is 84.9 Å². The average molecular weight is 646 g/mol. The van der Waals surface area contributed by atoms with Crippen molar-refractivity contribution in [2.24, 2.45) is 0 Å². The third kappa shape index (κ3) is 11.6. The molecule has 0 heterocycles. The van der Waals surface area contributed by atoms with Gasteiger partial charge in [-0.3, -0.25) is 9.59 Å². The van der Waals surface area contributed by atoms with Crippen molar-refractivity contribution in [3.63, 3.8) is 0 Å². The van der Waals surface area contributed by atoms with Gasteiger partial charge in [0.2, 0.25) is 11.9 Å². The summed E-state index contributed by atoms with van der Waals surface area (Å²) >= 11 is 0. The monoisotopic (exact) mass is 645 g/mol. The summed E-state index contributed by atoms with van der Waals surface area (Å²) in [5.41, 5.74) is 0.529. The largest absolute Gasteiger partial charge is 0.495 e. The molecule has 236 valence electrons. The summed E-state index contributed by atoms with van der Waals surface area (Å²) in [6.45, 7) is 1.88. The Hall–Kier alpha value is -7.74. The van der Waals surface area contributed by atoms with Gasteiger partial charge in [-0.2, -0.15) is 0 Å². The van der Waals surface area contributed by atoms with Crippen LogP contribution in [0.15, 0.2) is 72.8 Å². The third-order valence-electron chi connectivity index (χ3n) is 5.74. The summed E-state index contributed by atoms with van der Waals surface area (Å²) in [6.07, 6.45) is 5.45. The van der Waals surface area contributed by atoms with Crippen LogP contribution in [0.4, 0.5) is 5.69 Å². The Morgan fingerprint density at radius 3 is 1.90 bits per heavy atom. The molecule has 1 atom stereocenters. The number of esters is 2. The number of ketones is 1. The van der Waals surface area contributed by atoms with E-state index in [1.54, 1.807) is 25.1 Å². The van der Waals surface area contributed by atoms with Crippen LogP contribution in [-0.4, -0.2) is 43.4 Å². The Morgan fingerprint density at radius 2 is 1.31 bits per heavy atom. The SMILES string of the molecule is C#CC#CC#CC#CC#CC#CC#COC(=O)c1ccc(OC)c(NC(=O)C(Oc2ccc(C(=O)OCC)cc2)C(=O)c2ccccc2)c1. The number of carbonyl (C=O) groups excluding carboxylic acids is 4. The van der Waals surface area contributed by atoms with Crippen molar-refractivity contribution in [3.8, 4) is 95.1 Å². The molecule has 0 saturated heterocycles. The molecule has 0 saturated carbocycles. The first-order chi connectivity index (χ1) is 23.9. The van der Waals surface area contributed by atoms with E-state index in [0.29, 0.717) is 0 Å². The van der Waals surface area contributed by atoms with E-state index in [1.807, 2.05) is 0 Å². The number of nitrogens with one attached hydrogen (secondary N) is 1. The average Bonchev–Trinajstić information content (AvgIpc) is 3.12. The zero-order valence-electron chi connectivity index (χ0n) is 26.1. The quantitative estimate of drug-likeness (QED) is 0.153. The number of ether oxygens (including phenoxy) is 4. The molecule has 1 unspecified atom stereocenters. The summed E-state index contributed by atoms with van der Waals surface area (Å²) in [5, 5.41) is 2.59. The Kier molecular flexibility index (Phi) is 14.3. The minimum Gasteiger partial charge on any atom is -0.495 e. The van der Waals surface area contributed by atoms with Gasteiger partial charge in [-0.1, -0.05) is 30.3 Å². The van der Waals surface area contributed by atoms with E-state index >= 15 is 0 Å². The molecule has 9 heteroatoms. The molecule has 0 bridgehead atoms. The maximum absolute atomic E-state index is 13.6. The Bertz CT molecular complexity index is 2160. The Morgan fingerprint density at radius 1 is 0.714 bits per heavy atom. The number of anilines is 1. The number of benzene rings is 3. The number of amides is 1. The molecule has 0 aliphatic carbocycles. The Labute approximate surface area is 283 Å². The van der Waals surface area contributed by atoms with Crippen LogP contribution in [0, 0.1) is 83.6 Å². The van der Waals surface area contributed by atoms with Gasteiger partial charge in [0.1, 0.15) is 17.6 Å². The third-order valence-corrected chi connectivity index (χ3v) is 5.74. The molecule has 3 aromatic rings. The number of hydrogen-bond donors (Lipinski definition) is 1. The predicted octanol–water partition coefficient (Wildman–Crippen LogP) is 3.91. The fraction of sp³-hybridized carbons (Fsp3) is 0.100. The highest BCUT2D eigenvalue weighted by molar-refractivity contribution is 6.16. The van der Waals surface area contributed by atoms with Crippen molar-refractivity contribution in [2.75, 3.05) is 19.0 Å². The van der Waals surface area contributed by atoms with E-state index in [-0.39, 0.29) is 40.5 Å². The Balaban J connectivity index is 1.77. The molecule has 49 heavy (non-hydrogen) atoms. The van der Waals surface area contributed by atoms with Gasteiger partial charge in [0.25, 0.3) is 5.91 Å². The smallest absolute Gasteiger partial charge is 0.352 e. The topological polar surface area (TPSA) is 117 Å². The van der Waals surface area contributed by atoms with Crippen LogP contribution in [0.1, 0.15) is 38.0 Å². The van der Waals surface area contributed by atoms with Gasteiger partial charge < -0.3 is 24.3 Å². The van der Waals surface area contributed by atoms with Gasteiger partial charge in [0.05, 0.1) is 30.5 Å². The van der Waals surface area contributed by atoms with Crippen molar-refractivity contribution < 1.29 is 38.1 Å². The highest BCUT2D eigenvalue weighted by Gasteiger charge is 2.31. The van der Waals surface area contributed by atoms with E-state index in [0.717, 1.165) is 0 Å². The van der Waals surface area contributed by atoms with Gasteiger partial charge >= 0.3 is 11.9 Å². The number of Topliss-reactive ketones (excluding diaryl/α,β-unsaturated/α-hetero) is 1. The van der Waals surface area contributed by atoms with Gasteiger partial charge in [0, 0.05) is 41.1 Å². The van der Waals surface area contributed by atoms with Crippen LogP contribution in [0.25, 0.3) is 0 Å². The number of rotatable bonds is 10. The van der Waals surface area contributed by atoms with Crippen molar-refractivity contribution in [3.05, 3.63) is 89.5 Å². The lowest BCUT2D eigenvalue weighted by molar-refractivity contribution is -0.120. The fourth-order valence-corrected chi connectivity index (χ4v) is 3.60. The second-order valence-corrected chi connectivity index (χ2v) is 8.89. The first kappa shape index (κ1) is 35.7. The molecule has 9 nitrogen and oxygen atoms in total. The number of carbonyl (C=O) groups is 4. The summed E-state index contributed by atoms with van der Waals surface area (Å²) in [4.78, 5) is 51.7. The summed E-state index contributed by atoms with van der Waals surface area (Å²) in [7, 11) is 1.36. The van der Waals surface area contributed by atoms with Crippen molar-refractivity contribution in [1.29, 1.82) is 0 Å². The lowest BCUT2D eigenvalue weighted by Crippen LogP contribution is -2.40. The summed E-state index contributed by atoms with van der Waals surface area (Å²) < 4.78 is 21.1. The van der Waals surface area contributed by atoms with E-state index < -0.39 is 29.7 Å². The first-order valence-corrected chi connectivity index (χ1v) is 14.1. The minimum absolute atomic E-state index is 0.00266. The van der Waals surface area contributed by atoms with E-state index in [9.17, 15) is 19.2 Å². The predicted molar refractivity (Wildman–Crippen MR) is 180 cm³/mol. The van der Waals surface area contributed by atoms with Gasteiger partial charge in [0.15, 0.2) is 0 Å². The lowest BCUT2D eigenvalue weighted by Gasteiger charge is -2.19. The molecule has 0 radical (unpaired) electrons. The van der Waals surface area contributed by atoms with Crippen LogP contribution >= 0.6 is 0 Å². The van der Waals surface area contributed by atoms with Crippen molar-refractivity contribution in [2.45, 2.75) is 13.0 Å². The second-order valence-electron chi connectivity index (χ2n) is 8.89. The summed E-state index contributed by atoms with van der Waals surface area (Å²) in [5.74, 6) is 26.0. The molecule has 3 rings (SSSR count). The van der Waals surface area contributed by atoms with E-state index in [4.69, 9.17) is 25.4 Å². The highest BCUT2D eigenvalue weighted by atomic mass is 16.5. The zero-order valence-corrected chi connectivity index (χ0v) is 26.1. The van der Waals surface area contributed by atoms with Gasteiger partial charge in [-0.25, -0.2) is 9.59 Å². The molecular weight excluding hydrogens is 622 g/mol. The number of methoxy groups -OCH3 is 1. The van der Waals surface area contributed by atoms with Gasteiger partial charge in [-0.15, -0.1) is 6.42 Å². The first-order valence-electron chi connectivity index (χ1n) is 14.1. The van der Waals surface area contributed by atoms with Crippen LogP contribution in [0.5, 0.6) is 11.5 Å². The highest BCUT2D eigenvalue weighted by Crippen LogP contribution is 2.27. The van der Waals surface area contributed by atoms with Crippen LogP contribution in [0.3, 0.4) is 0 Å². The number of terminal acetylenes is 1. The fourth-order valence-electron chi connectivity index (χ4n) is 3.60. The van der Waals surface area contributed by atoms with Crippen LogP contribution < -0.4 is 14.8 Å². The van der Waals surface area contributed by atoms with Crippen molar-refractivity contribution >= 4 is 29.3 Å². The number of hydrogen-bond acceptors (Lipinski definition) is 8. The van der Waals surface area contributed by atoms with Crippen LogP contribution in [0.2, 0.25) is 0 Å². The normalized spacial score (nSPS) is 9.16. The lowest BCUT2D eigenvalue weighted by atomic mass is 10.1. The van der Waals surface area contributed by atoms with Crippen molar-refractivity contribution in [1.82, 2.24) is 0 Å². The van der Waals surface area contributed by atoms with E-state index in [2.05, 4.69) is 82.5 Å². The molecule has 0 aliphatic heterocycles. The summed E-state index contributed by atoms with van der Waals surface area (Å²) in [6, 6.07) is 17.9. The standard InChI is InChI=1S/C40H23NO8/c1-4-6-7-8-9-10-11-12-13-14-15-19-28-48-40(45)32-24-27-35(46-3)34(29-32)41-38(43)37(36(42)30-20-17-16-18-21-30)49-33-25-22-31(23-26-33)39(44)47-5-2/h1,16-18,20-27,29,37H,5H2,2-3H3,(H,41,43). The van der Waals surface area contributed by atoms with E-state index in [1.165, 1.54) is 61.7 Å². The minimum atomic E-state index is -1.67. The molecule has 3 aromatic carbocycles.